The zero-order valence-electron chi connectivity index (χ0n) is 9.50. The van der Waals surface area contributed by atoms with Gasteiger partial charge in [0.1, 0.15) is 5.75 Å². The molecule has 0 fully saturated rings. The summed E-state index contributed by atoms with van der Waals surface area (Å²) >= 11 is 0. The van der Waals surface area contributed by atoms with Gasteiger partial charge in [0.2, 0.25) is 0 Å². The Morgan fingerprint density at radius 2 is 1.80 bits per heavy atom. The fourth-order valence-electron chi connectivity index (χ4n) is 0.938. The number of benzene rings is 1. The van der Waals surface area contributed by atoms with Crippen molar-refractivity contribution in [1.29, 1.82) is 0 Å². The molecule has 4 heteroatoms. The van der Waals surface area contributed by atoms with E-state index in [9.17, 15) is 8.78 Å². The highest BCUT2D eigenvalue weighted by molar-refractivity contribution is 5.49. The van der Waals surface area contributed by atoms with E-state index in [1.54, 1.807) is 12.1 Å². The highest BCUT2D eigenvalue weighted by atomic mass is 19.3. The molecule has 0 aromatic heterocycles. The van der Waals surface area contributed by atoms with E-state index in [0.29, 0.717) is 0 Å². The summed E-state index contributed by atoms with van der Waals surface area (Å²) in [4.78, 5) is 1.82. The van der Waals surface area contributed by atoms with E-state index in [2.05, 4.69) is 4.74 Å². The fraction of sp³-hybridized carbons (Fsp3) is 0.455. The predicted octanol–water partition coefficient (Wildman–Crippen LogP) is 3.38. The molecule has 0 N–H and O–H groups in total. The van der Waals surface area contributed by atoms with Crippen LogP contribution < -0.4 is 9.64 Å². The maximum atomic E-state index is 11.8. The van der Waals surface area contributed by atoms with Crippen LogP contribution in [0.2, 0.25) is 0 Å². The quantitative estimate of drug-likeness (QED) is 0.769. The second-order valence-corrected chi connectivity index (χ2v) is 2.77. The van der Waals surface area contributed by atoms with Crippen LogP contribution in [0.1, 0.15) is 13.8 Å². The summed E-state index contributed by atoms with van der Waals surface area (Å²) in [5, 5.41) is 0. The van der Waals surface area contributed by atoms with Crippen molar-refractivity contribution >= 4 is 5.69 Å². The van der Waals surface area contributed by atoms with E-state index in [4.69, 9.17) is 0 Å². The van der Waals surface area contributed by atoms with Gasteiger partial charge in [-0.25, -0.2) is 0 Å². The third-order valence-corrected chi connectivity index (χ3v) is 1.56. The molecule has 1 rings (SSSR count). The van der Waals surface area contributed by atoms with Gasteiger partial charge in [-0.2, -0.15) is 8.78 Å². The van der Waals surface area contributed by atoms with Crippen LogP contribution in [0.15, 0.2) is 24.3 Å². The van der Waals surface area contributed by atoms with E-state index >= 15 is 0 Å². The summed E-state index contributed by atoms with van der Waals surface area (Å²) < 4.78 is 27.9. The topological polar surface area (TPSA) is 12.5 Å². The summed E-state index contributed by atoms with van der Waals surface area (Å²) in [6.45, 7) is 1.23. The Morgan fingerprint density at radius 1 is 1.20 bits per heavy atom. The number of anilines is 1. The number of rotatable bonds is 3. The summed E-state index contributed by atoms with van der Waals surface area (Å²) in [5.41, 5.74) is 0.832. The number of alkyl halides is 2. The SMILES string of the molecule is CC.CN(C)c1cccc(OC(F)F)c1. The van der Waals surface area contributed by atoms with Crippen LogP contribution in [0.5, 0.6) is 5.75 Å². The van der Waals surface area contributed by atoms with Crippen molar-refractivity contribution in [3.63, 3.8) is 0 Å². The smallest absolute Gasteiger partial charge is 0.387 e. The van der Waals surface area contributed by atoms with E-state index in [1.165, 1.54) is 6.07 Å². The molecule has 0 saturated heterocycles. The van der Waals surface area contributed by atoms with Crippen LogP contribution in [0, 0.1) is 0 Å². The molecular weight excluding hydrogens is 200 g/mol. The van der Waals surface area contributed by atoms with E-state index in [-0.39, 0.29) is 5.75 Å². The molecule has 0 aliphatic rings. The molecule has 1 aromatic carbocycles. The van der Waals surface area contributed by atoms with Crippen LogP contribution in [0.25, 0.3) is 0 Å². The molecule has 0 aliphatic carbocycles. The van der Waals surface area contributed by atoms with Crippen LogP contribution in [-0.2, 0) is 0 Å². The first kappa shape index (κ1) is 13.7. The van der Waals surface area contributed by atoms with Gasteiger partial charge in [0.15, 0.2) is 0 Å². The normalized spacial score (nSPS) is 9.27. The van der Waals surface area contributed by atoms with Gasteiger partial charge in [0, 0.05) is 25.8 Å². The molecule has 0 saturated carbocycles. The Labute approximate surface area is 89.5 Å². The average molecular weight is 217 g/mol. The molecule has 1 aromatic rings. The highest BCUT2D eigenvalue weighted by Crippen LogP contribution is 2.20. The molecule has 0 amide bonds. The Hall–Kier alpha value is -1.32. The van der Waals surface area contributed by atoms with Gasteiger partial charge in [-0.3, -0.25) is 0 Å². The van der Waals surface area contributed by atoms with Gasteiger partial charge in [-0.05, 0) is 12.1 Å². The van der Waals surface area contributed by atoms with Gasteiger partial charge in [-0.15, -0.1) is 0 Å². The molecule has 0 unspecified atom stereocenters. The summed E-state index contributed by atoms with van der Waals surface area (Å²) in [7, 11) is 3.67. The Bertz CT molecular complexity index is 277. The number of halogens is 2. The van der Waals surface area contributed by atoms with Gasteiger partial charge in [0.05, 0.1) is 0 Å². The van der Waals surface area contributed by atoms with Crippen molar-refractivity contribution in [3.8, 4) is 5.75 Å². The lowest BCUT2D eigenvalue weighted by atomic mass is 10.3. The van der Waals surface area contributed by atoms with E-state index < -0.39 is 6.61 Å². The van der Waals surface area contributed by atoms with Crippen LogP contribution >= 0.6 is 0 Å². The molecule has 0 heterocycles. The lowest BCUT2D eigenvalue weighted by Gasteiger charge is -2.13. The Balaban J connectivity index is 0.000000921. The van der Waals surface area contributed by atoms with E-state index in [1.807, 2.05) is 38.9 Å². The summed E-state index contributed by atoms with van der Waals surface area (Å²) in [5.74, 6) is 0.182. The lowest BCUT2D eigenvalue weighted by Crippen LogP contribution is -2.09. The molecule has 15 heavy (non-hydrogen) atoms. The monoisotopic (exact) mass is 217 g/mol. The minimum Gasteiger partial charge on any atom is -0.435 e. The highest BCUT2D eigenvalue weighted by Gasteiger charge is 2.04. The maximum Gasteiger partial charge on any atom is 0.387 e. The summed E-state index contributed by atoms with van der Waals surface area (Å²) in [6, 6.07) is 6.55. The lowest BCUT2D eigenvalue weighted by molar-refractivity contribution is -0.0498. The van der Waals surface area contributed by atoms with Crippen molar-refractivity contribution in [2.24, 2.45) is 0 Å². The third-order valence-electron chi connectivity index (χ3n) is 1.56. The molecule has 0 bridgehead atoms. The van der Waals surface area contributed by atoms with E-state index in [0.717, 1.165) is 5.69 Å². The Morgan fingerprint density at radius 3 is 2.27 bits per heavy atom. The predicted molar refractivity (Wildman–Crippen MR) is 58.7 cm³/mol. The maximum absolute atomic E-state index is 11.8. The zero-order chi connectivity index (χ0) is 11.8. The van der Waals surface area contributed by atoms with Crippen LogP contribution in [-0.4, -0.2) is 20.7 Å². The third kappa shape index (κ3) is 5.20. The first-order valence-corrected chi connectivity index (χ1v) is 4.82. The number of hydrogen-bond donors (Lipinski definition) is 0. The molecule has 86 valence electrons. The van der Waals surface area contributed by atoms with Gasteiger partial charge in [-0.1, -0.05) is 19.9 Å². The molecule has 2 nitrogen and oxygen atoms in total. The van der Waals surface area contributed by atoms with Crippen molar-refractivity contribution < 1.29 is 13.5 Å². The van der Waals surface area contributed by atoms with Crippen molar-refractivity contribution in [1.82, 2.24) is 0 Å². The summed E-state index contributed by atoms with van der Waals surface area (Å²) in [6.07, 6.45) is 0. The minimum atomic E-state index is -2.77. The van der Waals surface area contributed by atoms with Crippen LogP contribution in [0.3, 0.4) is 0 Å². The molecule has 0 spiro atoms. The zero-order valence-corrected chi connectivity index (χ0v) is 9.50. The largest absolute Gasteiger partial charge is 0.435 e. The standard InChI is InChI=1S/C9H11F2NO.C2H6/c1-12(2)7-4-3-5-8(6-7)13-9(10)11;1-2/h3-6,9H,1-2H3;1-2H3. The van der Waals surface area contributed by atoms with Gasteiger partial charge >= 0.3 is 6.61 Å². The average Bonchev–Trinajstić information content (AvgIpc) is 2.20. The van der Waals surface area contributed by atoms with Gasteiger partial charge in [0.25, 0.3) is 0 Å². The molecule has 0 aliphatic heterocycles. The first-order chi connectivity index (χ1) is 7.09. The second-order valence-electron chi connectivity index (χ2n) is 2.77. The first-order valence-electron chi connectivity index (χ1n) is 4.82. The minimum absolute atomic E-state index is 0.182. The van der Waals surface area contributed by atoms with Gasteiger partial charge < -0.3 is 9.64 Å². The van der Waals surface area contributed by atoms with Crippen molar-refractivity contribution in [2.45, 2.75) is 20.5 Å². The number of hydrogen-bond acceptors (Lipinski definition) is 2. The molecular formula is C11H17F2NO. The van der Waals surface area contributed by atoms with Crippen LogP contribution in [0.4, 0.5) is 14.5 Å². The fourth-order valence-corrected chi connectivity index (χ4v) is 0.938. The number of nitrogens with zero attached hydrogens (tertiary/aromatic N) is 1. The second kappa shape index (κ2) is 7.04. The molecule has 0 radical (unpaired) electrons. The number of ether oxygens (including phenoxy) is 1. The van der Waals surface area contributed by atoms with Crippen molar-refractivity contribution in [2.75, 3.05) is 19.0 Å². The molecule has 0 atom stereocenters. The van der Waals surface area contributed by atoms with Crippen molar-refractivity contribution in [3.05, 3.63) is 24.3 Å². The Kier molecular flexibility index (Phi) is 6.42.